The van der Waals surface area contributed by atoms with E-state index in [9.17, 15) is 13.2 Å². The van der Waals surface area contributed by atoms with Crippen LogP contribution >= 0.6 is 11.6 Å². The first-order valence-corrected chi connectivity index (χ1v) is 6.65. The number of ketones is 1. The Morgan fingerprint density at radius 3 is 2.60 bits per heavy atom. The van der Waals surface area contributed by atoms with Crippen LogP contribution in [0.1, 0.15) is 16.9 Å². The number of carbonyl (C=O) groups excluding carboxylic acids is 1. The van der Waals surface area contributed by atoms with Crippen LogP contribution in [0, 0.1) is 0 Å². The smallest absolute Gasteiger partial charge is 0.182 e. The lowest BCUT2D eigenvalue weighted by Crippen LogP contribution is -2.10. The predicted molar refractivity (Wildman–Crippen MR) is 57.9 cm³/mol. The van der Waals surface area contributed by atoms with Crippen molar-refractivity contribution in [2.75, 3.05) is 12.0 Å². The number of halogens is 1. The second kappa shape index (κ2) is 4.72. The Morgan fingerprint density at radius 2 is 2.13 bits per heavy atom. The Bertz CT molecular complexity index is 453. The summed E-state index contributed by atoms with van der Waals surface area (Å²) in [6.45, 7) is 0. The zero-order valence-electron chi connectivity index (χ0n) is 8.10. The Labute approximate surface area is 93.2 Å². The van der Waals surface area contributed by atoms with Crippen LogP contribution in [-0.2, 0) is 9.84 Å². The van der Waals surface area contributed by atoms with Crippen molar-refractivity contribution in [3.05, 3.63) is 29.0 Å². The van der Waals surface area contributed by atoms with E-state index in [0.29, 0.717) is 5.02 Å². The van der Waals surface area contributed by atoms with Gasteiger partial charge in [0.15, 0.2) is 5.78 Å². The standard InChI is InChI=1S/C9H10ClNO3S/c1-15(13,14)5-4-9(12)8-3-2-7(10)6-11-8/h2-3,6H,4-5H2,1H3. The Kier molecular flexibility index (Phi) is 3.82. The number of hydrogen-bond acceptors (Lipinski definition) is 4. The van der Waals surface area contributed by atoms with E-state index < -0.39 is 9.84 Å². The lowest BCUT2D eigenvalue weighted by Gasteiger charge is -1.99. The van der Waals surface area contributed by atoms with Gasteiger partial charge < -0.3 is 0 Å². The average molecular weight is 248 g/mol. The molecule has 0 spiro atoms. The van der Waals surface area contributed by atoms with Crippen molar-refractivity contribution in [1.29, 1.82) is 0 Å². The maximum absolute atomic E-state index is 11.4. The summed E-state index contributed by atoms with van der Waals surface area (Å²) < 4.78 is 21.7. The number of sulfone groups is 1. The number of carbonyl (C=O) groups is 1. The highest BCUT2D eigenvalue weighted by molar-refractivity contribution is 7.90. The molecule has 0 aromatic carbocycles. The van der Waals surface area contributed by atoms with Crippen molar-refractivity contribution >= 4 is 27.2 Å². The second-order valence-corrected chi connectivity index (χ2v) is 5.86. The molecule has 0 N–H and O–H groups in total. The quantitative estimate of drug-likeness (QED) is 0.754. The summed E-state index contributed by atoms with van der Waals surface area (Å²) in [5.41, 5.74) is 0.239. The molecule has 0 bridgehead atoms. The topological polar surface area (TPSA) is 64.1 Å². The lowest BCUT2D eigenvalue weighted by atomic mass is 10.2. The molecule has 4 nitrogen and oxygen atoms in total. The summed E-state index contributed by atoms with van der Waals surface area (Å²) in [6, 6.07) is 3.02. The highest BCUT2D eigenvalue weighted by Gasteiger charge is 2.11. The van der Waals surface area contributed by atoms with E-state index >= 15 is 0 Å². The molecule has 1 heterocycles. The predicted octanol–water partition coefficient (Wildman–Crippen LogP) is 1.35. The zero-order chi connectivity index (χ0) is 11.5. The minimum absolute atomic E-state index is 0.0481. The van der Waals surface area contributed by atoms with Gasteiger partial charge in [0.05, 0.1) is 10.8 Å². The van der Waals surface area contributed by atoms with Crippen LogP contribution in [-0.4, -0.2) is 31.2 Å². The van der Waals surface area contributed by atoms with Gasteiger partial charge in [-0.1, -0.05) is 11.6 Å². The fraction of sp³-hybridized carbons (Fsp3) is 0.333. The minimum atomic E-state index is -3.11. The lowest BCUT2D eigenvalue weighted by molar-refractivity contribution is 0.0984. The molecule has 6 heteroatoms. The second-order valence-electron chi connectivity index (χ2n) is 3.16. The minimum Gasteiger partial charge on any atom is -0.292 e. The first-order valence-electron chi connectivity index (χ1n) is 4.21. The first-order chi connectivity index (χ1) is 6.88. The summed E-state index contributed by atoms with van der Waals surface area (Å²) in [7, 11) is -3.11. The number of pyridine rings is 1. The molecule has 0 radical (unpaired) electrons. The zero-order valence-corrected chi connectivity index (χ0v) is 9.68. The van der Waals surface area contributed by atoms with E-state index in [1.165, 1.54) is 12.3 Å². The van der Waals surface area contributed by atoms with Crippen molar-refractivity contribution in [3.63, 3.8) is 0 Å². The van der Waals surface area contributed by atoms with E-state index in [-0.39, 0.29) is 23.7 Å². The van der Waals surface area contributed by atoms with E-state index in [1.54, 1.807) is 6.07 Å². The van der Waals surface area contributed by atoms with Crippen LogP contribution in [0.5, 0.6) is 0 Å². The Hall–Kier alpha value is -0.940. The molecule has 0 fully saturated rings. The molecular formula is C9H10ClNO3S. The third kappa shape index (κ3) is 4.40. The van der Waals surface area contributed by atoms with Crippen LogP contribution in [0.2, 0.25) is 5.02 Å². The van der Waals surface area contributed by atoms with Gasteiger partial charge in [-0.05, 0) is 12.1 Å². The van der Waals surface area contributed by atoms with E-state index in [0.717, 1.165) is 6.26 Å². The molecule has 1 rings (SSSR count). The molecule has 0 saturated heterocycles. The van der Waals surface area contributed by atoms with Crippen molar-refractivity contribution in [2.24, 2.45) is 0 Å². The highest BCUT2D eigenvalue weighted by Crippen LogP contribution is 2.08. The van der Waals surface area contributed by atoms with Gasteiger partial charge in [0.2, 0.25) is 0 Å². The van der Waals surface area contributed by atoms with E-state index in [4.69, 9.17) is 11.6 Å². The molecule has 1 aromatic heterocycles. The number of aromatic nitrogens is 1. The number of hydrogen-bond donors (Lipinski definition) is 0. The van der Waals surface area contributed by atoms with Crippen LogP contribution in [0.25, 0.3) is 0 Å². The molecule has 0 saturated carbocycles. The van der Waals surface area contributed by atoms with Crippen LogP contribution < -0.4 is 0 Å². The number of nitrogens with zero attached hydrogens (tertiary/aromatic N) is 1. The van der Waals surface area contributed by atoms with Crippen molar-refractivity contribution in [3.8, 4) is 0 Å². The molecule has 0 atom stereocenters. The van der Waals surface area contributed by atoms with Crippen molar-refractivity contribution in [2.45, 2.75) is 6.42 Å². The number of rotatable bonds is 4. The molecule has 0 aliphatic heterocycles. The van der Waals surface area contributed by atoms with E-state index in [1.807, 2.05) is 0 Å². The van der Waals surface area contributed by atoms with Gasteiger partial charge in [0.25, 0.3) is 0 Å². The molecule has 15 heavy (non-hydrogen) atoms. The fourth-order valence-electron chi connectivity index (χ4n) is 0.947. The molecule has 82 valence electrons. The molecule has 0 aliphatic rings. The Morgan fingerprint density at radius 1 is 1.47 bits per heavy atom. The monoisotopic (exact) mass is 247 g/mol. The molecular weight excluding hydrogens is 238 g/mol. The van der Waals surface area contributed by atoms with Crippen LogP contribution in [0.15, 0.2) is 18.3 Å². The maximum Gasteiger partial charge on any atom is 0.182 e. The average Bonchev–Trinajstić information content (AvgIpc) is 2.14. The van der Waals surface area contributed by atoms with Gasteiger partial charge in [0, 0.05) is 18.9 Å². The van der Waals surface area contributed by atoms with Gasteiger partial charge in [-0.25, -0.2) is 8.42 Å². The summed E-state index contributed by atoms with van der Waals surface area (Å²) in [6.07, 6.45) is 2.40. The molecule has 0 unspecified atom stereocenters. The van der Waals surface area contributed by atoms with Crippen LogP contribution in [0.3, 0.4) is 0 Å². The van der Waals surface area contributed by atoms with Crippen molar-refractivity contribution < 1.29 is 13.2 Å². The fourth-order valence-corrected chi connectivity index (χ4v) is 1.61. The summed E-state index contributed by atoms with van der Waals surface area (Å²) in [4.78, 5) is 15.2. The SMILES string of the molecule is CS(=O)(=O)CCC(=O)c1ccc(Cl)cn1. The van der Waals surface area contributed by atoms with Gasteiger partial charge in [-0.2, -0.15) is 0 Å². The van der Waals surface area contributed by atoms with Crippen LogP contribution in [0.4, 0.5) is 0 Å². The first kappa shape index (κ1) is 12.1. The maximum atomic E-state index is 11.4. The third-order valence-corrected chi connectivity index (χ3v) is 2.88. The largest absolute Gasteiger partial charge is 0.292 e. The van der Waals surface area contributed by atoms with Gasteiger partial charge in [-0.3, -0.25) is 9.78 Å². The summed E-state index contributed by atoms with van der Waals surface area (Å²) in [5.74, 6) is -0.451. The number of Topliss-reactive ketones (excluding diaryl/α,β-unsaturated/α-hetero) is 1. The summed E-state index contributed by atoms with van der Waals surface area (Å²) in [5, 5.41) is 0.440. The molecule has 0 amide bonds. The van der Waals surface area contributed by atoms with Gasteiger partial charge >= 0.3 is 0 Å². The molecule has 1 aromatic rings. The Balaban J connectivity index is 2.66. The van der Waals surface area contributed by atoms with Gasteiger partial charge in [0.1, 0.15) is 15.5 Å². The highest BCUT2D eigenvalue weighted by atomic mass is 35.5. The normalized spacial score (nSPS) is 11.3. The van der Waals surface area contributed by atoms with Gasteiger partial charge in [-0.15, -0.1) is 0 Å². The summed E-state index contributed by atoms with van der Waals surface area (Å²) >= 11 is 5.60. The third-order valence-electron chi connectivity index (χ3n) is 1.71. The van der Waals surface area contributed by atoms with Crippen molar-refractivity contribution in [1.82, 2.24) is 4.98 Å². The van der Waals surface area contributed by atoms with E-state index in [2.05, 4.69) is 4.98 Å². The molecule has 0 aliphatic carbocycles.